The second-order valence-corrected chi connectivity index (χ2v) is 6.30. The van der Waals surface area contributed by atoms with Crippen molar-refractivity contribution in [3.05, 3.63) is 26.1 Å². The largest absolute Gasteiger partial charge is 0.459 e. The summed E-state index contributed by atoms with van der Waals surface area (Å²) in [6.07, 6.45) is 3.41. The Morgan fingerprint density at radius 2 is 2.36 bits per heavy atom. The van der Waals surface area contributed by atoms with Crippen LogP contribution in [0.2, 0.25) is 4.47 Å². The second kappa shape index (κ2) is 10.5. The molecule has 120 valence electrons. The molecule has 1 aromatic rings. The molecule has 0 fully saturated rings. The first-order valence-corrected chi connectivity index (χ1v) is 8.81. The predicted molar refractivity (Wildman–Crippen MR) is 87.6 cm³/mol. The first-order chi connectivity index (χ1) is 10.6. The fourth-order valence-electron chi connectivity index (χ4n) is 1.39. The van der Waals surface area contributed by atoms with Gasteiger partial charge in [0.25, 0.3) is 0 Å². The number of nitrogens with one attached hydrogen (secondary N) is 1. The molecule has 0 unspecified atom stereocenters. The highest BCUT2D eigenvalue weighted by Gasteiger charge is 2.17. The lowest BCUT2D eigenvalue weighted by atomic mass is 10.3. The van der Waals surface area contributed by atoms with E-state index in [1.165, 1.54) is 23.1 Å². The standard InChI is InChI=1S/C13H16ClN3O3S2/c1-3-19-4-5-20-12(18)10(6-15)11(21-2)16-7-9-8-17-13(14)22-9/h8,16H,3-5,7H2,1-2H3/b11-10+. The van der Waals surface area contributed by atoms with Crippen molar-refractivity contribution in [2.75, 3.05) is 26.1 Å². The van der Waals surface area contributed by atoms with Crippen molar-refractivity contribution >= 4 is 40.7 Å². The summed E-state index contributed by atoms with van der Waals surface area (Å²) >= 11 is 8.35. The van der Waals surface area contributed by atoms with Gasteiger partial charge in [0, 0.05) is 17.7 Å². The van der Waals surface area contributed by atoms with Crippen LogP contribution in [0.1, 0.15) is 11.8 Å². The van der Waals surface area contributed by atoms with E-state index in [0.29, 0.717) is 29.3 Å². The molecule has 22 heavy (non-hydrogen) atoms. The van der Waals surface area contributed by atoms with Crippen molar-refractivity contribution < 1.29 is 14.3 Å². The molecule has 0 atom stereocenters. The minimum Gasteiger partial charge on any atom is -0.459 e. The predicted octanol–water partition coefficient (Wildman–Crippen LogP) is 2.56. The Balaban J connectivity index is 2.65. The summed E-state index contributed by atoms with van der Waals surface area (Å²) in [6.45, 7) is 3.25. The molecule has 0 saturated heterocycles. The van der Waals surface area contributed by atoms with E-state index in [2.05, 4.69) is 10.3 Å². The summed E-state index contributed by atoms with van der Waals surface area (Å²) in [5, 5.41) is 12.7. The molecule has 1 heterocycles. The Morgan fingerprint density at radius 3 is 2.91 bits per heavy atom. The summed E-state index contributed by atoms with van der Waals surface area (Å²) in [6, 6.07) is 1.88. The number of hydrogen-bond acceptors (Lipinski definition) is 8. The van der Waals surface area contributed by atoms with Gasteiger partial charge in [0.2, 0.25) is 0 Å². The van der Waals surface area contributed by atoms with Crippen LogP contribution in [0.3, 0.4) is 0 Å². The van der Waals surface area contributed by atoms with Crippen LogP contribution in [0.5, 0.6) is 0 Å². The maximum Gasteiger partial charge on any atom is 0.351 e. The van der Waals surface area contributed by atoms with Gasteiger partial charge in [0.05, 0.1) is 18.2 Å². The van der Waals surface area contributed by atoms with E-state index >= 15 is 0 Å². The van der Waals surface area contributed by atoms with Gasteiger partial charge in [0.1, 0.15) is 12.7 Å². The fourth-order valence-corrected chi connectivity index (χ4v) is 2.86. The maximum absolute atomic E-state index is 11.9. The summed E-state index contributed by atoms with van der Waals surface area (Å²) in [5.74, 6) is -0.665. The van der Waals surface area contributed by atoms with Gasteiger partial charge in [-0.2, -0.15) is 5.26 Å². The first-order valence-electron chi connectivity index (χ1n) is 6.39. The molecule has 1 N–H and O–H groups in total. The number of carbonyl (C=O) groups is 1. The maximum atomic E-state index is 11.9. The summed E-state index contributed by atoms with van der Waals surface area (Å²) in [5.41, 5.74) is -0.0559. The number of carbonyl (C=O) groups excluding carboxylic acids is 1. The molecule has 0 amide bonds. The molecule has 9 heteroatoms. The highest BCUT2D eigenvalue weighted by Crippen LogP contribution is 2.20. The summed E-state index contributed by atoms with van der Waals surface area (Å²) in [4.78, 5) is 16.7. The molecule has 1 rings (SSSR count). The fraction of sp³-hybridized carbons (Fsp3) is 0.462. The number of hydrogen-bond donors (Lipinski definition) is 1. The Kier molecular flexibility index (Phi) is 8.92. The normalized spacial score (nSPS) is 11.5. The van der Waals surface area contributed by atoms with E-state index in [-0.39, 0.29) is 12.2 Å². The van der Waals surface area contributed by atoms with Gasteiger partial charge >= 0.3 is 5.97 Å². The van der Waals surface area contributed by atoms with Crippen molar-refractivity contribution in [2.45, 2.75) is 13.5 Å². The number of thioether (sulfide) groups is 1. The van der Waals surface area contributed by atoms with Gasteiger partial charge in [-0.05, 0) is 13.2 Å². The van der Waals surface area contributed by atoms with Gasteiger partial charge in [0.15, 0.2) is 10.0 Å². The lowest BCUT2D eigenvalue weighted by molar-refractivity contribution is -0.140. The van der Waals surface area contributed by atoms with E-state index in [1.54, 1.807) is 12.5 Å². The van der Waals surface area contributed by atoms with E-state index in [0.717, 1.165) is 4.88 Å². The minimum atomic E-state index is -0.665. The van der Waals surface area contributed by atoms with Crippen molar-refractivity contribution in [3.63, 3.8) is 0 Å². The zero-order chi connectivity index (χ0) is 16.4. The van der Waals surface area contributed by atoms with Crippen LogP contribution < -0.4 is 5.32 Å². The van der Waals surface area contributed by atoms with Crippen LogP contribution in [-0.4, -0.2) is 37.0 Å². The number of thiazole rings is 1. The lowest BCUT2D eigenvalue weighted by Crippen LogP contribution is -2.18. The SMILES string of the molecule is CCOCCOC(=O)/C(C#N)=C(\NCc1cnc(Cl)s1)SC. The summed E-state index contributed by atoms with van der Waals surface area (Å²) < 4.78 is 10.5. The lowest BCUT2D eigenvalue weighted by Gasteiger charge is -2.10. The molecule has 0 aromatic carbocycles. The number of ether oxygens (including phenoxy) is 2. The van der Waals surface area contributed by atoms with E-state index in [9.17, 15) is 10.1 Å². The molecule has 0 aliphatic carbocycles. The second-order valence-electron chi connectivity index (χ2n) is 3.79. The van der Waals surface area contributed by atoms with Crippen LogP contribution in [0, 0.1) is 11.3 Å². The molecule has 0 aliphatic heterocycles. The molecule has 0 spiro atoms. The third-order valence-corrected chi connectivity index (χ3v) is 4.23. The zero-order valence-electron chi connectivity index (χ0n) is 12.2. The number of halogens is 1. The third-order valence-electron chi connectivity index (χ3n) is 2.36. The number of aromatic nitrogens is 1. The van der Waals surface area contributed by atoms with Gasteiger partial charge < -0.3 is 14.8 Å². The average molecular weight is 362 g/mol. The Labute approximate surface area is 142 Å². The zero-order valence-corrected chi connectivity index (χ0v) is 14.6. The molecule has 1 aromatic heterocycles. The third kappa shape index (κ3) is 6.23. The molecular weight excluding hydrogens is 346 g/mol. The topological polar surface area (TPSA) is 84.2 Å². The van der Waals surface area contributed by atoms with E-state index in [4.69, 9.17) is 21.1 Å². The Hall–Kier alpha value is -1.27. The van der Waals surface area contributed by atoms with Gasteiger partial charge in [-0.15, -0.1) is 23.1 Å². The number of rotatable bonds is 9. The van der Waals surface area contributed by atoms with Crippen molar-refractivity contribution in [1.29, 1.82) is 5.26 Å². The molecule has 0 bridgehead atoms. The highest BCUT2D eigenvalue weighted by molar-refractivity contribution is 8.02. The van der Waals surface area contributed by atoms with Crippen LogP contribution >= 0.6 is 34.7 Å². The van der Waals surface area contributed by atoms with Crippen molar-refractivity contribution in [3.8, 4) is 6.07 Å². The summed E-state index contributed by atoms with van der Waals surface area (Å²) in [7, 11) is 0. The first kappa shape index (κ1) is 18.8. The van der Waals surface area contributed by atoms with Gasteiger partial charge in [-0.25, -0.2) is 9.78 Å². The highest BCUT2D eigenvalue weighted by atomic mass is 35.5. The average Bonchev–Trinajstić information content (AvgIpc) is 2.93. The quantitative estimate of drug-likeness (QED) is 0.313. The number of nitriles is 1. The van der Waals surface area contributed by atoms with E-state index < -0.39 is 5.97 Å². The number of esters is 1. The Bertz CT molecular complexity index is 569. The van der Waals surface area contributed by atoms with Crippen molar-refractivity contribution in [1.82, 2.24) is 10.3 Å². The van der Waals surface area contributed by atoms with Crippen LogP contribution in [0.25, 0.3) is 0 Å². The van der Waals surface area contributed by atoms with Crippen LogP contribution in [0.4, 0.5) is 0 Å². The molecule has 0 radical (unpaired) electrons. The van der Waals surface area contributed by atoms with Gasteiger partial charge in [-0.3, -0.25) is 0 Å². The van der Waals surface area contributed by atoms with E-state index in [1.807, 2.05) is 13.0 Å². The monoisotopic (exact) mass is 361 g/mol. The van der Waals surface area contributed by atoms with Crippen LogP contribution in [0.15, 0.2) is 16.8 Å². The Morgan fingerprint density at radius 1 is 1.59 bits per heavy atom. The smallest absolute Gasteiger partial charge is 0.351 e. The van der Waals surface area contributed by atoms with Gasteiger partial charge in [-0.1, -0.05) is 11.6 Å². The van der Waals surface area contributed by atoms with Crippen molar-refractivity contribution in [2.24, 2.45) is 0 Å². The molecule has 6 nitrogen and oxygen atoms in total. The molecule has 0 aliphatic rings. The minimum absolute atomic E-state index is 0.0559. The van der Waals surface area contributed by atoms with Crippen LogP contribution in [-0.2, 0) is 20.8 Å². The molecule has 0 saturated carbocycles. The number of nitrogens with zero attached hydrogens (tertiary/aromatic N) is 2. The molecular formula is C13H16ClN3O3S2.